The summed E-state index contributed by atoms with van der Waals surface area (Å²) < 4.78 is 27.4. The summed E-state index contributed by atoms with van der Waals surface area (Å²) in [6.45, 7) is 1.78. The molecule has 0 unspecified atom stereocenters. The van der Waals surface area contributed by atoms with Crippen LogP contribution in [0.15, 0.2) is 53.6 Å². The van der Waals surface area contributed by atoms with Crippen molar-refractivity contribution in [1.82, 2.24) is 9.97 Å². The molecule has 0 atom stereocenters. The van der Waals surface area contributed by atoms with Crippen molar-refractivity contribution in [1.29, 1.82) is 5.26 Å². The molecule has 0 aliphatic heterocycles. The summed E-state index contributed by atoms with van der Waals surface area (Å²) in [6, 6.07) is 14.6. The lowest BCUT2D eigenvalue weighted by atomic mass is 10.0. The van der Waals surface area contributed by atoms with Crippen LogP contribution in [0.4, 0.5) is 11.6 Å². The summed E-state index contributed by atoms with van der Waals surface area (Å²) in [5.41, 5.74) is 7.75. The van der Waals surface area contributed by atoms with E-state index < -0.39 is 10.0 Å². The molecule has 3 aromatic rings. The minimum absolute atomic E-state index is 0.0698. The summed E-state index contributed by atoms with van der Waals surface area (Å²) in [5.74, 6) is 0.159. The van der Waals surface area contributed by atoms with Gasteiger partial charge in [0.25, 0.3) is 10.0 Å². The third-order valence-corrected chi connectivity index (χ3v) is 5.38. The highest BCUT2D eigenvalue weighted by atomic mass is 35.5. The van der Waals surface area contributed by atoms with Gasteiger partial charge in [0.05, 0.1) is 22.3 Å². The summed E-state index contributed by atoms with van der Waals surface area (Å²) in [4.78, 5) is 8.13. The van der Waals surface area contributed by atoms with E-state index in [2.05, 4.69) is 20.8 Å². The van der Waals surface area contributed by atoms with Crippen LogP contribution in [0.3, 0.4) is 0 Å². The second-order valence-electron chi connectivity index (χ2n) is 5.62. The predicted molar refractivity (Wildman–Crippen MR) is 104 cm³/mol. The number of nitrogens with two attached hydrogens (primary N) is 1. The molecule has 2 heterocycles. The van der Waals surface area contributed by atoms with E-state index in [0.717, 1.165) is 0 Å². The largest absolute Gasteiger partial charge is 0.384 e. The molecule has 0 aliphatic rings. The van der Waals surface area contributed by atoms with Crippen molar-refractivity contribution in [3.05, 3.63) is 64.7 Å². The van der Waals surface area contributed by atoms with Crippen LogP contribution in [0.1, 0.15) is 11.1 Å². The van der Waals surface area contributed by atoms with Gasteiger partial charge in [-0.25, -0.2) is 9.97 Å². The Bertz CT molecular complexity index is 1170. The molecule has 0 aliphatic carbocycles. The minimum atomic E-state index is -3.97. The van der Waals surface area contributed by atoms with Gasteiger partial charge < -0.3 is 5.73 Å². The first kappa shape index (κ1) is 18.6. The molecule has 0 amide bonds. The van der Waals surface area contributed by atoms with Crippen molar-refractivity contribution < 1.29 is 8.42 Å². The zero-order valence-corrected chi connectivity index (χ0v) is 15.7. The van der Waals surface area contributed by atoms with Crippen LogP contribution in [-0.2, 0) is 10.0 Å². The number of nitrogens with one attached hydrogen (secondary N) is 1. The molecule has 1 aromatic carbocycles. The average molecular weight is 400 g/mol. The molecular formula is C18H14ClN5O2S. The van der Waals surface area contributed by atoms with Crippen LogP contribution in [0.5, 0.6) is 0 Å². The number of rotatable bonds is 4. The first-order valence-corrected chi connectivity index (χ1v) is 9.60. The Morgan fingerprint density at radius 3 is 2.56 bits per heavy atom. The van der Waals surface area contributed by atoms with E-state index in [0.29, 0.717) is 27.4 Å². The van der Waals surface area contributed by atoms with E-state index >= 15 is 0 Å². The first-order valence-electron chi connectivity index (χ1n) is 7.74. The Labute approximate surface area is 161 Å². The number of aromatic nitrogens is 2. The third kappa shape index (κ3) is 3.84. The molecule has 9 heteroatoms. The van der Waals surface area contributed by atoms with Crippen molar-refractivity contribution in [3.8, 4) is 17.3 Å². The lowest BCUT2D eigenvalue weighted by molar-refractivity contribution is 0.597. The lowest BCUT2D eigenvalue weighted by Crippen LogP contribution is -2.16. The maximum Gasteiger partial charge on any atom is 0.280 e. The topological polar surface area (TPSA) is 122 Å². The highest BCUT2D eigenvalue weighted by Crippen LogP contribution is 2.31. The summed E-state index contributed by atoms with van der Waals surface area (Å²) in [5, 5.41) is 9.32. The second-order valence-corrected chi connectivity index (χ2v) is 7.66. The minimum Gasteiger partial charge on any atom is -0.384 e. The van der Waals surface area contributed by atoms with Crippen molar-refractivity contribution in [2.24, 2.45) is 0 Å². The molecular weight excluding hydrogens is 386 g/mol. The molecule has 0 saturated heterocycles. The number of benzene rings is 1. The number of anilines is 2. The Morgan fingerprint density at radius 1 is 1.11 bits per heavy atom. The van der Waals surface area contributed by atoms with E-state index in [1.165, 1.54) is 30.3 Å². The van der Waals surface area contributed by atoms with Crippen LogP contribution < -0.4 is 10.5 Å². The molecule has 136 valence electrons. The van der Waals surface area contributed by atoms with Gasteiger partial charge in [-0.3, -0.25) is 4.72 Å². The summed E-state index contributed by atoms with van der Waals surface area (Å²) in [7, 11) is -3.97. The van der Waals surface area contributed by atoms with Gasteiger partial charge in [-0.1, -0.05) is 29.8 Å². The second kappa shape index (κ2) is 7.23. The fraction of sp³-hybridized carbons (Fsp3) is 0.0556. The number of nitrogen functional groups attached to an aromatic ring is 1. The number of nitriles is 1. The van der Waals surface area contributed by atoms with Crippen molar-refractivity contribution >= 4 is 33.3 Å². The van der Waals surface area contributed by atoms with E-state index in [-0.39, 0.29) is 16.7 Å². The fourth-order valence-corrected chi connectivity index (χ4v) is 3.66. The number of hydrogen-bond donors (Lipinski definition) is 2. The molecule has 2 aromatic heterocycles. The number of nitrogens with zero attached hydrogens (tertiary/aromatic N) is 3. The van der Waals surface area contributed by atoms with E-state index in [1.807, 2.05) is 0 Å². The lowest BCUT2D eigenvalue weighted by Gasteiger charge is -2.12. The quantitative estimate of drug-likeness (QED) is 0.693. The maximum atomic E-state index is 12.5. The van der Waals surface area contributed by atoms with Crippen molar-refractivity contribution in [2.45, 2.75) is 11.9 Å². The monoisotopic (exact) mass is 399 g/mol. The standard InChI is InChI=1S/C18H14ClN5O2S/c1-11-12(10-20)4-2-5-13(11)18-14(19)8-9-16(23-18)24-27(25,26)17-7-3-6-15(21)22-17/h2-9H,1H3,(H2,21,22)(H,23,24). The van der Waals surface area contributed by atoms with Gasteiger partial charge in [0.15, 0.2) is 5.03 Å². The zero-order valence-electron chi connectivity index (χ0n) is 14.1. The maximum absolute atomic E-state index is 12.5. The molecule has 0 radical (unpaired) electrons. The number of halogens is 1. The number of hydrogen-bond acceptors (Lipinski definition) is 6. The molecule has 27 heavy (non-hydrogen) atoms. The highest BCUT2D eigenvalue weighted by molar-refractivity contribution is 7.92. The summed E-state index contributed by atoms with van der Waals surface area (Å²) in [6.07, 6.45) is 0. The zero-order chi connectivity index (χ0) is 19.6. The van der Waals surface area contributed by atoms with Gasteiger partial charge in [-0.2, -0.15) is 13.7 Å². The van der Waals surface area contributed by atoms with Gasteiger partial charge >= 0.3 is 0 Å². The predicted octanol–water partition coefficient (Wildman–Crippen LogP) is 3.36. The highest BCUT2D eigenvalue weighted by Gasteiger charge is 2.18. The molecule has 3 N–H and O–H groups in total. The van der Waals surface area contributed by atoms with Gasteiger partial charge in [-0.05, 0) is 42.8 Å². The summed E-state index contributed by atoms with van der Waals surface area (Å²) >= 11 is 6.26. The van der Waals surface area contributed by atoms with Gasteiger partial charge in [0, 0.05) is 5.56 Å². The van der Waals surface area contributed by atoms with Gasteiger partial charge in [-0.15, -0.1) is 0 Å². The molecule has 0 saturated carbocycles. The van der Waals surface area contributed by atoms with Crippen LogP contribution in [-0.4, -0.2) is 18.4 Å². The number of pyridine rings is 2. The Hall–Kier alpha value is -3.15. The normalized spacial score (nSPS) is 11.0. The fourth-order valence-electron chi connectivity index (χ4n) is 2.47. The molecule has 0 fully saturated rings. The van der Waals surface area contributed by atoms with Crippen LogP contribution in [0.2, 0.25) is 5.02 Å². The van der Waals surface area contributed by atoms with Gasteiger partial charge in [0.2, 0.25) is 0 Å². The van der Waals surface area contributed by atoms with Crippen molar-refractivity contribution in [2.75, 3.05) is 10.5 Å². The van der Waals surface area contributed by atoms with Crippen LogP contribution in [0.25, 0.3) is 11.3 Å². The Morgan fingerprint density at radius 2 is 1.85 bits per heavy atom. The number of sulfonamides is 1. The van der Waals surface area contributed by atoms with Crippen LogP contribution >= 0.6 is 11.6 Å². The molecule has 0 bridgehead atoms. The van der Waals surface area contributed by atoms with E-state index in [4.69, 9.17) is 17.3 Å². The molecule has 3 rings (SSSR count). The van der Waals surface area contributed by atoms with Crippen LogP contribution in [0, 0.1) is 18.3 Å². The first-order chi connectivity index (χ1) is 12.8. The SMILES string of the molecule is Cc1c(C#N)cccc1-c1nc(NS(=O)(=O)c2cccc(N)n2)ccc1Cl. The smallest absolute Gasteiger partial charge is 0.280 e. The van der Waals surface area contributed by atoms with E-state index in [1.54, 1.807) is 25.1 Å². The molecule has 0 spiro atoms. The van der Waals surface area contributed by atoms with Crippen molar-refractivity contribution in [3.63, 3.8) is 0 Å². The average Bonchev–Trinajstić information content (AvgIpc) is 2.63. The molecule has 7 nitrogen and oxygen atoms in total. The Kier molecular flexibility index (Phi) is 4.99. The van der Waals surface area contributed by atoms with Gasteiger partial charge in [0.1, 0.15) is 11.6 Å². The Balaban J connectivity index is 2.03. The van der Waals surface area contributed by atoms with E-state index in [9.17, 15) is 13.7 Å². The third-order valence-electron chi connectivity index (χ3n) is 3.81.